The van der Waals surface area contributed by atoms with E-state index < -0.39 is 16.7 Å². The van der Waals surface area contributed by atoms with Crippen LogP contribution < -0.4 is 5.32 Å². The summed E-state index contributed by atoms with van der Waals surface area (Å²) in [5.41, 5.74) is 0.332. The van der Waals surface area contributed by atoms with Gasteiger partial charge in [-0.2, -0.15) is 13.2 Å². The summed E-state index contributed by atoms with van der Waals surface area (Å²) in [6, 6.07) is 10.2. The molecule has 0 spiro atoms. The van der Waals surface area contributed by atoms with Crippen LogP contribution >= 0.6 is 11.8 Å². The maximum Gasteiger partial charge on any atom is 0.416 e. The molecule has 0 radical (unpaired) electrons. The highest BCUT2D eigenvalue weighted by Crippen LogP contribution is 2.29. The Morgan fingerprint density at radius 1 is 1.08 bits per heavy atom. The molecule has 0 bridgehead atoms. The zero-order valence-electron chi connectivity index (χ0n) is 12.7. The van der Waals surface area contributed by atoms with Crippen molar-refractivity contribution in [3.63, 3.8) is 0 Å². The van der Waals surface area contributed by atoms with E-state index in [2.05, 4.69) is 5.32 Å². The van der Waals surface area contributed by atoms with Gasteiger partial charge in [0.2, 0.25) is 5.91 Å². The van der Waals surface area contributed by atoms with E-state index in [0.717, 1.165) is 17.7 Å². The predicted octanol–water partition coefficient (Wildman–Crippen LogP) is 4.49. The second-order valence-electron chi connectivity index (χ2n) is 5.04. The molecule has 0 fully saturated rings. The molecule has 132 valence electrons. The van der Waals surface area contributed by atoms with Crippen LogP contribution in [0.15, 0.2) is 48.5 Å². The molecule has 0 saturated carbocycles. The number of nitrogens with one attached hydrogen (secondary N) is 1. The SMILES string of the molecule is O=C(CSCc1ccc([N+](=O)[O-])cc1)Nc1ccc(C(F)(F)F)cc1. The first-order chi connectivity index (χ1) is 11.8. The van der Waals surface area contributed by atoms with Gasteiger partial charge in [-0.3, -0.25) is 14.9 Å². The highest BCUT2D eigenvalue weighted by Gasteiger charge is 2.29. The molecule has 0 aromatic heterocycles. The van der Waals surface area contributed by atoms with Crippen molar-refractivity contribution in [3.05, 3.63) is 69.8 Å². The number of hydrogen-bond acceptors (Lipinski definition) is 4. The van der Waals surface area contributed by atoms with Crippen molar-refractivity contribution in [1.29, 1.82) is 0 Å². The Hall–Kier alpha value is -2.55. The second kappa shape index (κ2) is 8.02. The lowest BCUT2D eigenvalue weighted by Crippen LogP contribution is -2.14. The molecule has 0 aliphatic rings. The molecule has 2 aromatic rings. The lowest BCUT2D eigenvalue weighted by atomic mass is 10.2. The minimum atomic E-state index is -4.41. The maximum atomic E-state index is 12.5. The van der Waals surface area contributed by atoms with E-state index in [-0.39, 0.29) is 23.0 Å². The van der Waals surface area contributed by atoms with Gasteiger partial charge in [0.15, 0.2) is 0 Å². The number of carbonyl (C=O) groups is 1. The van der Waals surface area contributed by atoms with Crippen molar-refractivity contribution < 1.29 is 22.9 Å². The first kappa shape index (κ1) is 18.8. The summed E-state index contributed by atoms with van der Waals surface area (Å²) in [7, 11) is 0. The number of carbonyl (C=O) groups excluding carboxylic acids is 1. The molecule has 0 atom stereocenters. The van der Waals surface area contributed by atoms with Gasteiger partial charge in [0, 0.05) is 23.6 Å². The number of thioether (sulfide) groups is 1. The van der Waals surface area contributed by atoms with Gasteiger partial charge >= 0.3 is 6.18 Å². The van der Waals surface area contributed by atoms with Gasteiger partial charge in [-0.15, -0.1) is 11.8 Å². The van der Waals surface area contributed by atoms with Crippen LogP contribution in [0.2, 0.25) is 0 Å². The summed E-state index contributed by atoms with van der Waals surface area (Å²) in [5, 5.41) is 13.1. The van der Waals surface area contributed by atoms with Gasteiger partial charge in [-0.1, -0.05) is 12.1 Å². The van der Waals surface area contributed by atoms with Crippen molar-refractivity contribution >= 4 is 29.0 Å². The Balaban J connectivity index is 1.79. The van der Waals surface area contributed by atoms with Gasteiger partial charge in [0.25, 0.3) is 5.69 Å². The third-order valence-electron chi connectivity index (χ3n) is 3.15. The molecule has 9 heteroatoms. The third-order valence-corrected chi connectivity index (χ3v) is 4.15. The summed E-state index contributed by atoms with van der Waals surface area (Å²) >= 11 is 1.29. The van der Waals surface area contributed by atoms with Gasteiger partial charge in [-0.25, -0.2) is 0 Å². The Bertz CT molecular complexity index is 747. The molecule has 5 nitrogen and oxygen atoms in total. The fourth-order valence-corrected chi connectivity index (χ4v) is 2.70. The summed E-state index contributed by atoms with van der Waals surface area (Å²) < 4.78 is 37.4. The molecule has 0 heterocycles. The predicted molar refractivity (Wildman–Crippen MR) is 89.3 cm³/mol. The van der Waals surface area contributed by atoms with Gasteiger partial charge in [-0.05, 0) is 29.8 Å². The summed E-state index contributed by atoms with van der Waals surface area (Å²) in [4.78, 5) is 21.8. The van der Waals surface area contributed by atoms with Crippen LogP contribution in [-0.4, -0.2) is 16.6 Å². The van der Waals surface area contributed by atoms with Gasteiger partial charge in [0.05, 0.1) is 16.2 Å². The van der Waals surface area contributed by atoms with Crippen LogP contribution in [0.5, 0.6) is 0 Å². The van der Waals surface area contributed by atoms with E-state index >= 15 is 0 Å². The first-order valence-corrected chi connectivity index (χ1v) is 8.19. The average molecular weight is 370 g/mol. The Morgan fingerprint density at radius 2 is 1.68 bits per heavy atom. The molecular weight excluding hydrogens is 357 g/mol. The average Bonchev–Trinajstić information content (AvgIpc) is 2.55. The topological polar surface area (TPSA) is 72.2 Å². The monoisotopic (exact) mass is 370 g/mol. The minimum Gasteiger partial charge on any atom is -0.325 e. The highest BCUT2D eigenvalue weighted by atomic mass is 32.2. The molecular formula is C16H13F3N2O3S. The van der Waals surface area contributed by atoms with Crippen molar-refractivity contribution in [3.8, 4) is 0 Å². The van der Waals surface area contributed by atoms with E-state index in [9.17, 15) is 28.1 Å². The molecule has 0 aliphatic carbocycles. The molecule has 2 rings (SSSR count). The molecule has 1 N–H and O–H groups in total. The number of halogens is 3. The molecule has 0 saturated heterocycles. The van der Waals surface area contributed by atoms with E-state index in [4.69, 9.17) is 0 Å². The number of nitrogens with zero attached hydrogens (tertiary/aromatic N) is 1. The lowest BCUT2D eigenvalue weighted by molar-refractivity contribution is -0.384. The van der Waals surface area contributed by atoms with Gasteiger partial charge < -0.3 is 5.32 Å². The van der Waals surface area contributed by atoms with Crippen LogP contribution in [-0.2, 0) is 16.7 Å². The number of hydrogen-bond donors (Lipinski definition) is 1. The normalized spacial score (nSPS) is 11.2. The van der Waals surface area contributed by atoms with Crippen LogP contribution in [0.1, 0.15) is 11.1 Å². The third kappa shape index (κ3) is 5.79. The van der Waals surface area contributed by atoms with E-state index in [1.807, 2.05) is 0 Å². The number of benzene rings is 2. The number of nitro groups is 1. The first-order valence-electron chi connectivity index (χ1n) is 7.04. The number of rotatable bonds is 6. The maximum absolute atomic E-state index is 12.5. The minimum absolute atomic E-state index is 0.00574. The van der Waals surface area contributed by atoms with Crippen LogP contribution in [0.3, 0.4) is 0 Å². The zero-order valence-corrected chi connectivity index (χ0v) is 13.6. The van der Waals surface area contributed by atoms with Gasteiger partial charge in [0.1, 0.15) is 0 Å². The zero-order chi connectivity index (χ0) is 18.4. The Morgan fingerprint density at radius 3 is 2.20 bits per heavy atom. The van der Waals surface area contributed by atoms with Crippen LogP contribution in [0, 0.1) is 10.1 Å². The fourth-order valence-electron chi connectivity index (χ4n) is 1.92. The summed E-state index contributed by atoms with van der Waals surface area (Å²) in [5.74, 6) is 0.253. The smallest absolute Gasteiger partial charge is 0.325 e. The fraction of sp³-hybridized carbons (Fsp3) is 0.188. The molecule has 0 aliphatic heterocycles. The number of amides is 1. The molecule has 1 amide bonds. The van der Waals surface area contributed by atoms with Crippen molar-refractivity contribution in [1.82, 2.24) is 0 Å². The van der Waals surface area contributed by atoms with E-state index in [1.54, 1.807) is 12.1 Å². The van der Waals surface area contributed by atoms with E-state index in [1.165, 1.54) is 36.0 Å². The second-order valence-corrected chi connectivity index (χ2v) is 6.03. The number of anilines is 1. The Kier molecular flexibility index (Phi) is 6.02. The molecule has 25 heavy (non-hydrogen) atoms. The lowest BCUT2D eigenvalue weighted by Gasteiger charge is -2.08. The summed E-state index contributed by atoms with van der Waals surface area (Å²) in [6.45, 7) is 0. The Labute approximate surface area is 145 Å². The number of non-ortho nitro benzene ring substituents is 1. The highest BCUT2D eigenvalue weighted by molar-refractivity contribution is 7.99. The van der Waals surface area contributed by atoms with Crippen LogP contribution in [0.4, 0.5) is 24.5 Å². The quantitative estimate of drug-likeness (QED) is 0.601. The van der Waals surface area contributed by atoms with E-state index in [0.29, 0.717) is 5.75 Å². The van der Waals surface area contributed by atoms with Crippen molar-refractivity contribution in [2.24, 2.45) is 0 Å². The number of nitro benzene ring substituents is 1. The molecule has 0 unspecified atom stereocenters. The van der Waals surface area contributed by atoms with Crippen molar-refractivity contribution in [2.45, 2.75) is 11.9 Å². The molecule has 2 aromatic carbocycles. The van der Waals surface area contributed by atoms with Crippen LogP contribution in [0.25, 0.3) is 0 Å². The standard InChI is InChI=1S/C16H13F3N2O3S/c17-16(18,19)12-3-5-13(6-4-12)20-15(22)10-25-9-11-1-7-14(8-2-11)21(23)24/h1-8H,9-10H2,(H,20,22). The number of alkyl halides is 3. The van der Waals surface area contributed by atoms with Crippen molar-refractivity contribution in [2.75, 3.05) is 11.1 Å². The largest absolute Gasteiger partial charge is 0.416 e. The summed E-state index contributed by atoms with van der Waals surface area (Å²) in [6.07, 6.45) is -4.41.